The van der Waals surface area contributed by atoms with Crippen LogP contribution in [0.4, 0.5) is 5.69 Å². The predicted octanol–water partition coefficient (Wildman–Crippen LogP) is 2.13. The molecule has 16 heavy (non-hydrogen) atoms. The summed E-state index contributed by atoms with van der Waals surface area (Å²) in [5, 5.41) is 11.7. The Hall–Kier alpha value is -1.43. The van der Waals surface area contributed by atoms with Gasteiger partial charge in [-0.25, -0.2) is 0 Å². The normalized spacial score (nSPS) is 11.0. The van der Waals surface area contributed by atoms with Crippen LogP contribution >= 0.6 is 15.9 Å². The highest BCUT2D eigenvalue weighted by Gasteiger charge is 2.13. The zero-order chi connectivity index (χ0) is 11.7. The summed E-state index contributed by atoms with van der Waals surface area (Å²) in [6, 6.07) is 5.55. The molecule has 0 radical (unpaired) electrons. The van der Waals surface area contributed by atoms with Gasteiger partial charge in [-0.15, -0.1) is 5.10 Å². The van der Waals surface area contributed by atoms with Crippen LogP contribution < -0.4 is 5.73 Å². The van der Waals surface area contributed by atoms with Crippen molar-refractivity contribution in [3.63, 3.8) is 0 Å². The molecule has 5 nitrogen and oxygen atoms in total. The number of rotatable bonds is 2. The number of tetrazole rings is 1. The number of nitrogens with zero attached hydrogens (tertiary/aromatic N) is 4. The van der Waals surface area contributed by atoms with Crippen molar-refractivity contribution in [3.05, 3.63) is 28.5 Å². The number of hydrogen-bond acceptors (Lipinski definition) is 4. The van der Waals surface area contributed by atoms with Crippen molar-refractivity contribution in [2.75, 3.05) is 5.73 Å². The second-order valence-electron chi connectivity index (χ2n) is 3.81. The van der Waals surface area contributed by atoms with Crippen molar-refractivity contribution in [3.8, 4) is 5.69 Å². The first-order valence-electron chi connectivity index (χ1n) is 4.93. The molecular weight excluding hydrogens is 270 g/mol. The highest BCUT2D eigenvalue weighted by molar-refractivity contribution is 9.10. The van der Waals surface area contributed by atoms with E-state index >= 15 is 0 Å². The van der Waals surface area contributed by atoms with Crippen LogP contribution in [0, 0.1) is 0 Å². The van der Waals surface area contributed by atoms with Crippen molar-refractivity contribution in [2.45, 2.75) is 19.8 Å². The lowest BCUT2D eigenvalue weighted by atomic mass is 10.2. The molecule has 6 heteroatoms. The maximum atomic E-state index is 5.76. The Balaban J connectivity index is 2.58. The lowest BCUT2D eigenvalue weighted by Gasteiger charge is -2.09. The first-order chi connectivity index (χ1) is 7.59. The number of nitrogen functional groups attached to an aromatic ring is 1. The van der Waals surface area contributed by atoms with E-state index in [0.717, 1.165) is 16.0 Å². The summed E-state index contributed by atoms with van der Waals surface area (Å²) in [5.41, 5.74) is 7.30. The van der Waals surface area contributed by atoms with E-state index in [1.165, 1.54) is 0 Å². The molecule has 0 saturated heterocycles. The minimum atomic E-state index is 0.253. The fourth-order valence-electron chi connectivity index (χ4n) is 1.42. The van der Waals surface area contributed by atoms with Gasteiger partial charge in [0.25, 0.3) is 0 Å². The number of nitrogens with two attached hydrogens (primary N) is 1. The number of anilines is 1. The largest absolute Gasteiger partial charge is 0.399 e. The molecule has 0 bridgehead atoms. The Morgan fingerprint density at radius 2 is 2.12 bits per heavy atom. The monoisotopic (exact) mass is 281 g/mol. The summed E-state index contributed by atoms with van der Waals surface area (Å²) in [6.07, 6.45) is 0. The fraction of sp³-hybridized carbons (Fsp3) is 0.300. The van der Waals surface area contributed by atoms with Crippen LogP contribution in [0.1, 0.15) is 25.6 Å². The summed E-state index contributed by atoms with van der Waals surface area (Å²) in [4.78, 5) is 0. The van der Waals surface area contributed by atoms with E-state index < -0.39 is 0 Å². The molecule has 0 amide bonds. The van der Waals surface area contributed by atoms with Crippen molar-refractivity contribution in [1.29, 1.82) is 0 Å². The van der Waals surface area contributed by atoms with Crippen LogP contribution in [0.15, 0.2) is 22.7 Å². The van der Waals surface area contributed by atoms with E-state index in [-0.39, 0.29) is 5.92 Å². The van der Waals surface area contributed by atoms with Crippen LogP contribution in [-0.2, 0) is 0 Å². The number of halogens is 1. The standard InChI is InChI=1S/C10H12BrN5/c1-6(2)10-13-14-15-16(10)9-5-7(12)3-4-8(9)11/h3-6H,12H2,1-2H3. The summed E-state index contributed by atoms with van der Waals surface area (Å²) in [5.74, 6) is 1.06. The van der Waals surface area contributed by atoms with Crippen LogP contribution in [0.2, 0.25) is 0 Å². The van der Waals surface area contributed by atoms with E-state index in [1.807, 2.05) is 32.0 Å². The van der Waals surface area contributed by atoms with Crippen molar-refractivity contribution in [1.82, 2.24) is 20.2 Å². The maximum absolute atomic E-state index is 5.76. The number of aromatic nitrogens is 4. The van der Waals surface area contributed by atoms with Crippen LogP contribution in [0.5, 0.6) is 0 Å². The molecule has 0 saturated carbocycles. The zero-order valence-electron chi connectivity index (χ0n) is 9.05. The van der Waals surface area contributed by atoms with Crippen LogP contribution in [0.3, 0.4) is 0 Å². The average molecular weight is 282 g/mol. The lowest BCUT2D eigenvalue weighted by molar-refractivity contribution is 0.708. The van der Waals surface area contributed by atoms with Gasteiger partial charge in [0.2, 0.25) is 0 Å². The van der Waals surface area contributed by atoms with Crippen molar-refractivity contribution in [2.24, 2.45) is 0 Å². The van der Waals surface area contributed by atoms with Gasteiger partial charge in [-0.05, 0) is 44.6 Å². The van der Waals surface area contributed by atoms with Gasteiger partial charge in [-0.3, -0.25) is 0 Å². The first-order valence-corrected chi connectivity index (χ1v) is 5.72. The van der Waals surface area contributed by atoms with Gasteiger partial charge in [0.1, 0.15) is 0 Å². The third kappa shape index (κ3) is 1.92. The molecule has 2 rings (SSSR count). The second kappa shape index (κ2) is 4.21. The summed E-state index contributed by atoms with van der Waals surface area (Å²) < 4.78 is 2.61. The van der Waals surface area contributed by atoms with Gasteiger partial charge >= 0.3 is 0 Å². The lowest BCUT2D eigenvalue weighted by Crippen LogP contribution is -2.06. The third-order valence-corrected chi connectivity index (χ3v) is 2.88. The molecular formula is C10H12BrN5. The smallest absolute Gasteiger partial charge is 0.159 e. The van der Waals surface area contributed by atoms with Gasteiger partial charge in [-0.1, -0.05) is 13.8 Å². The van der Waals surface area contributed by atoms with Gasteiger partial charge in [0.05, 0.1) is 5.69 Å². The minimum absolute atomic E-state index is 0.253. The molecule has 0 unspecified atom stereocenters. The minimum Gasteiger partial charge on any atom is -0.399 e. The average Bonchev–Trinajstić information content (AvgIpc) is 2.70. The van der Waals surface area contributed by atoms with E-state index in [2.05, 4.69) is 31.5 Å². The molecule has 2 aromatic rings. The Morgan fingerprint density at radius 1 is 1.38 bits per heavy atom. The molecule has 84 valence electrons. The molecule has 0 aliphatic carbocycles. The molecule has 1 aromatic carbocycles. The van der Waals surface area contributed by atoms with E-state index in [0.29, 0.717) is 5.69 Å². The number of benzene rings is 1. The Labute approximate surface area is 102 Å². The van der Waals surface area contributed by atoms with Crippen LogP contribution in [-0.4, -0.2) is 20.2 Å². The summed E-state index contributed by atoms with van der Waals surface area (Å²) in [6.45, 7) is 4.09. The topological polar surface area (TPSA) is 69.6 Å². The molecule has 0 atom stereocenters. The quantitative estimate of drug-likeness (QED) is 0.857. The van der Waals surface area contributed by atoms with E-state index in [4.69, 9.17) is 5.73 Å². The molecule has 1 aromatic heterocycles. The molecule has 0 aliphatic rings. The highest BCUT2D eigenvalue weighted by Crippen LogP contribution is 2.25. The van der Waals surface area contributed by atoms with E-state index in [9.17, 15) is 0 Å². The molecule has 1 heterocycles. The third-order valence-electron chi connectivity index (χ3n) is 2.21. The molecule has 0 fully saturated rings. The van der Waals surface area contributed by atoms with Crippen molar-refractivity contribution < 1.29 is 0 Å². The molecule has 2 N–H and O–H groups in total. The SMILES string of the molecule is CC(C)c1nnnn1-c1cc(N)ccc1Br. The van der Waals surface area contributed by atoms with Gasteiger partial charge in [0.15, 0.2) is 5.82 Å². The Bertz CT molecular complexity index is 506. The number of hydrogen-bond donors (Lipinski definition) is 1. The first kappa shape index (κ1) is 11.1. The molecule has 0 spiro atoms. The fourth-order valence-corrected chi connectivity index (χ4v) is 1.83. The zero-order valence-corrected chi connectivity index (χ0v) is 10.6. The Morgan fingerprint density at radius 3 is 2.81 bits per heavy atom. The van der Waals surface area contributed by atoms with Gasteiger partial charge < -0.3 is 5.73 Å². The molecule has 0 aliphatic heterocycles. The summed E-state index contributed by atoms with van der Waals surface area (Å²) in [7, 11) is 0. The summed E-state index contributed by atoms with van der Waals surface area (Å²) >= 11 is 3.46. The second-order valence-corrected chi connectivity index (χ2v) is 4.67. The van der Waals surface area contributed by atoms with Gasteiger partial charge in [-0.2, -0.15) is 4.68 Å². The van der Waals surface area contributed by atoms with E-state index in [1.54, 1.807) is 4.68 Å². The highest BCUT2D eigenvalue weighted by atomic mass is 79.9. The van der Waals surface area contributed by atoms with Gasteiger partial charge in [0, 0.05) is 16.1 Å². The Kier molecular flexibility index (Phi) is 2.91. The maximum Gasteiger partial charge on any atom is 0.159 e. The predicted molar refractivity (Wildman–Crippen MR) is 65.4 cm³/mol. The van der Waals surface area contributed by atoms with Crippen molar-refractivity contribution >= 4 is 21.6 Å². The van der Waals surface area contributed by atoms with Crippen LogP contribution in [0.25, 0.3) is 5.69 Å².